The molecule has 0 aromatic carbocycles. The predicted octanol–water partition coefficient (Wildman–Crippen LogP) is 0.431. The van der Waals surface area contributed by atoms with Gasteiger partial charge in [0.1, 0.15) is 0 Å². The molecule has 0 saturated heterocycles. The summed E-state index contributed by atoms with van der Waals surface area (Å²) < 4.78 is 4.94. The molecule has 0 radical (unpaired) electrons. The quantitative estimate of drug-likeness (QED) is 0.766. The van der Waals surface area contributed by atoms with E-state index < -0.39 is 0 Å². The number of ether oxygens (including phenoxy) is 1. The van der Waals surface area contributed by atoms with Crippen LogP contribution in [-0.2, 0) is 4.74 Å². The molecule has 0 saturated carbocycles. The van der Waals surface area contributed by atoms with Gasteiger partial charge in [-0.2, -0.15) is 0 Å². The van der Waals surface area contributed by atoms with Gasteiger partial charge in [-0.1, -0.05) is 11.8 Å². The fraction of sp³-hybridized carbons (Fsp3) is 0.238. The first kappa shape index (κ1) is 19.4. The maximum absolute atomic E-state index is 8.85. The lowest BCUT2D eigenvalue weighted by molar-refractivity contribution is 0.0528. The zero-order valence-corrected chi connectivity index (χ0v) is 12.8. The molecule has 0 amide bonds. The van der Waals surface area contributed by atoms with Gasteiger partial charge in [0.15, 0.2) is 0 Å². The minimum atomic E-state index is -0.284. The highest BCUT2D eigenvalue weighted by Gasteiger charge is 2.00. The third-order valence-electron chi connectivity index (χ3n) is 1.89. The molecule has 0 aliphatic carbocycles. The number of hydrogen-bond donors (Lipinski definition) is 1. The zero-order chi connectivity index (χ0) is 17.0. The van der Waals surface area contributed by atoms with E-state index in [9.17, 15) is 0 Å². The topological polar surface area (TPSA) is 29.5 Å². The molecule has 0 aliphatic heterocycles. The second-order valence-electron chi connectivity index (χ2n) is 3.42. The smallest absolute Gasteiger partial charge is 0.0911 e. The highest BCUT2D eigenvalue weighted by molar-refractivity contribution is 5.45. The summed E-state index contributed by atoms with van der Waals surface area (Å²) in [6.45, 7) is 1.63. The molecule has 0 aliphatic rings. The van der Waals surface area contributed by atoms with Crippen molar-refractivity contribution in [1.29, 1.82) is 0 Å². The van der Waals surface area contributed by atoms with Crippen LogP contribution >= 0.6 is 0 Å². The maximum atomic E-state index is 8.85. The van der Waals surface area contributed by atoms with Gasteiger partial charge in [-0.05, 0) is 89.8 Å². The summed E-state index contributed by atoms with van der Waals surface area (Å²) in [5.74, 6) is 40.8. The summed E-state index contributed by atoms with van der Waals surface area (Å²) in [4.78, 5) is 0. The third kappa shape index (κ3) is 14.6. The Hall–Kier alpha value is -3.60. The lowest BCUT2D eigenvalue weighted by atomic mass is 10.3. The summed E-state index contributed by atoms with van der Waals surface area (Å²) in [5.41, 5.74) is 0. The lowest BCUT2D eigenvalue weighted by Crippen LogP contribution is -2.14. The molecular weight excluding hydrogens is 284 g/mol. The van der Waals surface area contributed by atoms with Crippen LogP contribution < -0.4 is 0 Å². The molecule has 108 valence electrons. The molecule has 2 nitrogen and oxygen atoms in total. The minimum absolute atomic E-state index is 0.0706. The molecule has 0 rings (SSSR count). The van der Waals surface area contributed by atoms with Crippen molar-refractivity contribution in [2.24, 2.45) is 0 Å². The van der Waals surface area contributed by atoms with Crippen LogP contribution in [0.1, 0.15) is 13.3 Å². The van der Waals surface area contributed by atoms with E-state index in [0.717, 1.165) is 0 Å². The van der Waals surface area contributed by atoms with Gasteiger partial charge in [0.05, 0.1) is 12.7 Å². The van der Waals surface area contributed by atoms with Crippen molar-refractivity contribution < 1.29 is 9.84 Å². The van der Waals surface area contributed by atoms with E-state index in [-0.39, 0.29) is 12.7 Å². The predicted molar refractivity (Wildman–Crippen MR) is 90.4 cm³/mol. The Morgan fingerprint density at radius 2 is 1.09 bits per heavy atom. The Labute approximate surface area is 138 Å². The van der Waals surface area contributed by atoms with Crippen LogP contribution in [0, 0.1) is 94.7 Å². The van der Waals surface area contributed by atoms with Crippen LogP contribution in [0.2, 0.25) is 0 Å². The largest absolute Gasteiger partial charge is 0.394 e. The van der Waals surface area contributed by atoms with Gasteiger partial charge in [-0.15, -0.1) is 0 Å². The van der Waals surface area contributed by atoms with Gasteiger partial charge in [-0.25, -0.2) is 0 Å². The molecule has 0 heterocycles. The lowest BCUT2D eigenvalue weighted by Gasteiger charge is -2.05. The SMILES string of the molecule is CC#CC#CC#CC#CC#CC#CC#CC#CCC(CO)OC. The van der Waals surface area contributed by atoms with Gasteiger partial charge in [0.2, 0.25) is 0 Å². The van der Waals surface area contributed by atoms with E-state index in [0.29, 0.717) is 6.42 Å². The standard InChI is InChI=1S/C21H12O2/c1-3-4-5-6-7-8-9-10-11-12-13-14-15-16-17-18-19-21(20-22)23-2/h21-22H,19-20H2,1-2H3. The molecule has 1 N–H and O–H groups in total. The normalized spacial score (nSPS) is 7.09. The minimum Gasteiger partial charge on any atom is -0.394 e. The highest BCUT2D eigenvalue weighted by Crippen LogP contribution is 1.92. The molecule has 0 aromatic rings. The first-order chi connectivity index (χ1) is 11.3. The number of methoxy groups -OCH3 is 1. The Kier molecular flexibility index (Phi) is 13.9. The second-order valence-corrected chi connectivity index (χ2v) is 3.42. The number of aliphatic hydroxyl groups excluding tert-OH is 1. The van der Waals surface area contributed by atoms with Crippen LogP contribution in [0.3, 0.4) is 0 Å². The van der Waals surface area contributed by atoms with Crippen molar-refractivity contribution in [2.45, 2.75) is 19.4 Å². The van der Waals surface area contributed by atoms with Gasteiger partial charge >= 0.3 is 0 Å². The Morgan fingerprint density at radius 3 is 1.43 bits per heavy atom. The molecule has 0 fully saturated rings. The Balaban J connectivity index is 4.28. The van der Waals surface area contributed by atoms with Crippen LogP contribution in [0.4, 0.5) is 0 Å². The molecular formula is C21H12O2. The molecule has 0 spiro atoms. The fourth-order valence-electron chi connectivity index (χ4n) is 0.869. The van der Waals surface area contributed by atoms with Crippen LogP contribution in [0.15, 0.2) is 0 Å². The monoisotopic (exact) mass is 296 g/mol. The molecule has 0 aromatic heterocycles. The number of hydrogen-bond acceptors (Lipinski definition) is 2. The first-order valence-electron chi connectivity index (χ1n) is 6.38. The van der Waals surface area contributed by atoms with Crippen LogP contribution in [0.5, 0.6) is 0 Å². The number of rotatable bonds is 3. The van der Waals surface area contributed by atoms with E-state index >= 15 is 0 Å². The summed E-state index contributed by atoms with van der Waals surface area (Å²) in [5, 5.41) is 8.85. The van der Waals surface area contributed by atoms with Crippen molar-refractivity contribution in [3.63, 3.8) is 0 Å². The third-order valence-corrected chi connectivity index (χ3v) is 1.89. The molecule has 0 bridgehead atoms. The van der Waals surface area contributed by atoms with Gasteiger partial charge in [0.25, 0.3) is 0 Å². The molecule has 1 unspecified atom stereocenters. The van der Waals surface area contributed by atoms with E-state index in [1.807, 2.05) is 0 Å². The van der Waals surface area contributed by atoms with Crippen molar-refractivity contribution in [3.05, 3.63) is 0 Å². The van der Waals surface area contributed by atoms with Gasteiger partial charge in [-0.3, -0.25) is 0 Å². The fourth-order valence-corrected chi connectivity index (χ4v) is 0.869. The maximum Gasteiger partial charge on any atom is 0.0911 e. The van der Waals surface area contributed by atoms with Crippen LogP contribution in [0.25, 0.3) is 0 Å². The van der Waals surface area contributed by atoms with Gasteiger partial charge < -0.3 is 9.84 Å². The second kappa shape index (κ2) is 16.5. The molecule has 2 heteroatoms. The summed E-state index contributed by atoms with van der Waals surface area (Å²) in [6, 6.07) is 0. The van der Waals surface area contributed by atoms with Gasteiger partial charge in [0, 0.05) is 13.5 Å². The summed E-state index contributed by atoms with van der Waals surface area (Å²) >= 11 is 0. The molecule has 23 heavy (non-hydrogen) atoms. The van der Waals surface area contributed by atoms with E-state index in [2.05, 4.69) is 94.7 Å². The van der Waals surface area contributed by atoms with Crippen molar-refractivity contribution in [2.75, 3.05) is 13.7 Å². The first-order valence-corrected chi connectivity index (χ1v) is 6.38. The Morgan fingerprint density at radius 1 is 0.696 bits per heavy atom. The number of aliphatic hydroxyl groups is 1. The average Bonchev–Trinajstić information content (AvgIpc) is 2.58. The van der Waals surface area contributed by atoms with Crippen molar-refractivity contribution >= 4 is 0 Å². The van der Waals surface area contributed by atoms with E-state index in [1.54, 1.807) is 6.92 Å². The van der Waals surface area contributed by atoms with Crippen LogP contribution in [-0.4, -0.2) is 24.9 Å². The molecule has 1 atom stereocenters. The zero-order valence-electron chi connectivity index (χ0n) is 12.8. The summed E-state index contributed by atoms with van der Waals surface area (Å²) in [6.07, 6.45) is 0.134. The highest BCUT2D eigenvalue weighted by atomic mass is 16.5. The average molecular weight is 296 g/mol. The summed E-state index contributed by atoms with van der Waals surface area (Å²) in [7, 11) is 1.52. The van der Waals surface area contributed by atoms with Crippen molar-refractivity contribution in [3.8, 4) is 94.7 Å². The van der Waals surface area contributed by atoms with Crippen molar-refractivity contribution in [1.82, 2.24) is 0 Å². The van der Waals surface area contributed by atoms with E-state index in [4.69, 9.17) is 9.84 Å². The van der Waals surface area contributed by atoms with E-state index in [1.165, 1.54) is 7.11 Å². The Bertz CT molecular complexity index is 872.